The van der Waals surface area contributed by atoms with Crippen molar-refractivity contribution in [1.82, 2.24) is 9.97 Å². The van der Waals surface area contributed by atoms with Crippen molar-refractivity contribution >= 4 is 12.2 Å². The maximum absolute atomic E-state index is 12.3. The van der Waals surface area contributed by atoms with Crippen molar-refractivity contribution in [2.75, 3.05) is 0 Å². The molecule has 1 aliphatic rings. The van der Waals surface area contributed by atoms with Gasteiger partial charge in [0.1, 0.15) is 0 Å². The van der Waals surface area contributed by atoms with Crippen LogP contribution >= 0.6 is 12.2 Å². The van der Waals surface area contributed by atoms with Gasteiger partial charge in [-0.1, -0.05) is 38.1 Å². The first kappa shape index (κ1) is 12.4. The normalized spacial score (nSPS) is 17.1. The molecule has 0 radical (unpaired) electrons. The Kier molecular flexibility index (Phi) is 2.90. The Morgan fingerprint density at radius 1 is 1.26 bits per heavy atom. The molecule has 0 spiro atoms. The van der Waals surface area contributed by atoms with Crippen molar-refractivity contribution in [3.05, 3.63) is 50.5 Å². The number of H-pyrrole nitrogens is 2. The lowest BCUT2D eigenvalue weighted by molar-refractivity contribution is 0.486. The quantitative estimate of drug-likeness (QED) is 0.782. The van der Waals surface area contributed by atoms with E-state index in [1.165, 1.54) is 5.56 Å². The van der Waals surface area contributed by atoms with Crippen LogP contribution in [0, 0.1) is 10.7 Å². The van der Waals surface area contributed by atoms with Gasteiger partial charge in [0.2, 0.25) is 0 Å². The summed E-state index contributed by atoms with van der Waals surface area (Å²) in [5.41, 5.74) is 4.08. The smallest absolute Gasteiger partial charge is 0.255 e. The molecule has 1 aromatic carbocycles. The highest BCUT2D eigenvalue weighted by Gasteiger charge is 2.29. The standard InChI is InChI=1S/C15H16N2OS/c1-8(2)11-7-9-5-3-4-6-10(9)13-12(11)14(18)17-15(19)16-13/h3-6,8,11H,7H2,1-2H3,(H2,16,17,18,19)/t11-/m0/s1. The molecule has 0 saturated carbocycles. The van der Waals surface area contributed by atoms with Gasteiger partial charge in [-0.15, -0.1) is 0 Å². The number of rotatable bonds is 1. The molecule has 3 nitrogen and oxygen atoms in total. The molecule has 0 bridgehead atoms. The highest BCUT2D eigenvalue weighted by atomic mass is 32.1. The second kappa shape index (κ2) is 4.46. The minimum absolute atomic E-state index is 0.0491. The van der Waals surface area contributed by atoms with Crippen LogP contribution < -0.4 is 5.56 Å². The van der Waals surface area contributed by atoms with Crippen molar-refractivity contribution in [2.24, 2.45) is 5.92 Å². The fourth-order valence-electron chi connectivity index (χ4n) is 2.91. The third-order valence-electron chi connectivity index (χ3n) is 3.88. The van der Waals surface area contributed by atoms with Crippen LogP contribution in [0.5, 0.6) is 0 Å². The molecule has 98 valence electrons. The van der Waals surface area contributed by atoms with Crippen LogP contribution in [0.1, 0.15) is 30.9 Å². The van der Waals surface area contributed by atoms with E-state index in [0.29, 0.717) is 10.7 Å². The number of fused-ring (bicyclic) bond motifs is 3. The van der Waals surface area contributed by atoms with E-state index in [1.54, 1.807) is 0 Å². The molecule has 1 atom stereocenters. The summed E-state index contributed by atoms with van der Waals surface area (Å²) in [4.78, 5) is 18.2. The number of aromatic nitrogens is 2. The molecule has 1 aromatic heterocycles. The van der Waals surface area contributed by atoms with Gasteiger partial charge in [0.25, 0.3) is 5.56 Å². The molecular formula is C15H16N2OS. The van der Waals surface area contributed by atoms with Crippen LogP contribution in [0.2, 0.25) is 0 Å². The van der Waals surface area contributed by atoms with Crippen molar-refractivity contribution in [3.8, 4) is 11.3 Å². The number of benzene rings is 1. The summed E-state index contributed by atoms with van der Waals surface area (Å²) in [5, 5.41) is 0. The average Bonchev–Trinajstić information content (AvgIpc) is 2.37. The average molecular weight is 272 g/mol. The van der Waals surface area contributed by atoms with Crippen LogP contribution in [0.25, 0.3) is 11.3 Å². The molecule has 0 amide bonds. The molecule has 19 heavy (non-hydrogen) atoms. The minimum atomic E-state index is -0.0491. The highest BCUT2D eigenvalue weighted by molar-refractivity contribution is 7.71. The number of hydrogen-bond acceptors (Lipinski definition) is 2. The first-order chi connectivity index (χ1) is 9.08. The fraction of sp³-hybridized carbons (Fsp3) is 0.333. The Morgan fingerprint density at radius 3 is 2.74 bits per heavy atom. The number of aromatic amines is 2. The van der Waals surface area contributed by atoms with Gasteiger partial charge in [-0.25, -0.2) is 0 Å². The Balaban J connectivity index is 2.37. The first-order valence-corrected chi connectivity index (χ1v) is 6.93. The first-order valence-electron chi connectivity index (χ1n) is 6.52. The van der Waals surface area contributed by atoms with Gasteiger partial charge in [-0.2, -0.15) is 0 Å². The topological polar surface area (TPSA) is 48.6 Å². The largest absolute Gasteiger partial charge is 0.331 e. The molecular weight excluding hydrogens is 256 g/mol. The van der Waals surface area contributed by atoms with E-state index in [1.807, 2.05) is 12.1 Å². The van der Waals surface area contributed by atoms with Gasteiger partial charge in [0.05, 0.1) is 5.69 Å². The maximum Gasteiger partial charge on any atom is 0.255 e. The highest BCUT2D eigenvalue weighted by Crippen LogP contribution is 2.39. The summed E-state index contributed by atoms with van der Waals surface area (Å²) in [6, 6.07) is 8.22. The summed E-state index contributed by atoms with van der Waals surface area (Å²) in [5.74, 6) is 0.651. The van der Waals surface area contributed by atoms with Gasteiger partial charge in [-0.3, -0.25) is 9.78 Å². The molecule has 0 unspecified atom stereocenters. The monoisotopic (exact) mass is 272 g/mol. The summed E-state index contributed by atoms with van der Waals surface area (Å²) in [6.07, 6.45) is 0.911. The van der Waals surface area contributed by atoms with Crippen molar-refractivity contribution < 1.29 is 0 Å². The van der Waals surface area contributed by atoms with Gasteiger partial charge in [0, 0.05) is 11.1 Å². The molecule has 0 saturated heterocycles. The molecule has 4 heteroatoms. The summed E-state index contributed by atoms with van der Waals surface area (Å²) >= 11 is 5.11. The van der Waals surface area contributed by atoms with Gasteiger partial charge in [0.15, 0.2) is 4.77 Å². The molecule has 0 fully saturated rings. The van der Waals surface area contributed by atoms with Crippen LogP contribution in [-0.4, -0.2) is 9.97 Å². The van der Waals surface area contributed by atoms with Crippen molar-refractivity contribution in [2.45, 2.75) is 26.2 Å². The molecule has 2 aromatic rings. The Morgan fingerprint density at radius 2 is 2.00 bits per heavy atom. The van der Waals surface area contributed by atoms with Crippen LogP contribution in [0.15, 0.2) is 29.1 Å². The lowest BCUT2D eigenvalue weighted by Crippen LogP contribution is -2.26. The number of nitrogens with one attached hydrogen (secondary N) is 2. The summed E-state index contributed by atoms with van der Waals surface area (Å²) < 4.78 is 0.392. The van der Waals surface area contributed by atoms with Crippen molar-refractivity contribution in [1.29, 1.82) is 0 Å². The summed E-state index contributed by atoms with van der Waals surface area (Å²) in [6.45, 7) is 4.31. The zero-order valence-electron chi connectivity index (χ0n) is 11.0. The van der Waals surface area contributed by atoms with E-state index in [4.69, 9.17) is 12.2 Å². The van der Waals surface area contributed by atoms with E-state index in [2.05, 4.69) is 35.9 Å². The molecule has 1 heterocycles. The van der Waals surface area contributed by atoms with Gasteiger partial charge in [-0.05, 0) is 36.0 Å². The maximum atomic E-state index is 12.3. The predicted molar refractivity (Wildman–Crippen MR) is 79.0 cm³/mol. The Bertz CT molecular complexity index is 742. The molecule has 1 aliphatic carbocycles. The lowest BCUT2D eigenvalue weighted by atomic mass is 9.76. The van der Waals surface area contributed by atoms with E-state index >= 15 is 0 Å². The summed E-state index contributed by atoms with van der Waals surface area (Å²) in [7, 11) is 0. The van der Waals surface area contributed by atoms with Crippen LogP contribution in [-0.2, 0) is 6.42 Å². The minimum Gasteiger partial charge on any atom is -0.331 e. The van der Waals surface area contributed by atoms with Gasteiger partial charge < -0.3 is 4.98 Å². The predicted octanol–water partition coefficient (Wildman–Crippen LogP) is 3.40. The molecule has 2 N–H and O–H groups in total. The second-order valence-electron chi connectivity index (χ2n) is 5.41. The third-order valence-corrected chi connectivity index (χ3v) is 4.09. The van der Waals surface area contributed by atoms with E-state index in [-0.39, 0.29) is 11.5 Å². The Hall–Kier alpha value is -1.68. The third kappa shape index (κ3) is 1.96. The molecule has 3 rings (SSSR count). The van der Waals surface area contributed by atoms with Crippen LogP contribution in [0.3, 0.4) is 0 Å². The second-order valence-corrected chi connectivity index (χ2v) is 5.82. The number of hydrogen-bond donors (Lipinski definition) is 2. The fourth-order valence-corrected chi connectivity index (χ4v) is 3.11. The zero-order valence-corrected chi connectivity index (χ0v) is 11.8. The zero-order chi connectivity index (χ0) is 13.6. The van der Waals surface area contributed by atoms with E-state index in [0.717, 1.165) is 23.2 Å². The SMILES string of the molecule is CC(C)[C@@H]1Cc2ccccc2-c2[nH]c(=S)[nH]c(=O)c21. The van der Waals surface area contributed by atoms with E-state index in [9.17, 15) is 4.79 Å². The van der Waals surface area contributed by atoms with Crippen LogP contribution in [0.4, 0.5) is 0 Å². The Labute approximate surface area is 116 Å². The van der Waals surface area contributed by atoms with Gasteiger partial charge >= 0.3 is 0 Å². The van der Waals surface area contributed by atoms with E-state index < -0.39 is 0 Å². The van der Waals surface area contributed by atoms with Crippen molar-refractivity contribution in [3.63, 3.8) is 0 Å². The lowest BCUT2D eigenvalue weighted by Gasteiger charge is -2.29. The molecule has 0 aliphatic heterocycles.